The summed E-state index contributed by atoms with van der Waals surface area (Å²) in [5.74, 6) is 0.144. The normalized spacial score (nSPS) is 11.1. The van der Waals surface area contributed by atoms with E-state index in [9.17, 15) is 13.6 Å². The van der Waals surface area contributed by atoms with Crippen molar-refractivity contribution in [1.82, 2.24) is 0 Å². The fraction of sp³-hybridized carbons (Fsp3) is 0.364. The molecule has 0 aromatic heterocycles. The highest BCUT2D eigenvalue weighted by Gasteiger charge is 2.25. The zero-order chi connectivity index (χ0) is 12.9. The Morgan fingerprint density at radius 3 is 2.47 bits per heavy atom. The van der Waals surface area contributed by atoms with E-state index < -0.39 is 17.7 Å². The third-order valence-corrected chi connectivity index (χ3v) is 2.20. The maximum absolute atomic E-state index is 12.3. The molecule has 1 aromatic rings. The van der Waals surface area contributed by atoms with E-state index in [-0.39, 0.29) is 6.42 Å². The average molecular weight is 264 g/mol. The van der Waals surface area contributed by atoms with E-state index in [2.05, 4.69) is 16.9 Å². The lowest BCUT2D eigenvalue weighted by molar-refractivity contribution is -0.117. The van der Waals surface area contributed by atoms with Crippen LogP contribution in [0.5, 0.6) is 5.75 Å². The van der Waals surface area contributed by atoms with E-state index in [1.807, 2.05) is 0 Å². The Morgan fingerprint density at radius 1 is 1.41 bits per heavy atom. The van der Waals surface area contributed by atoms with Gasteiger partial charge in [0.2, 0.25) is 5.91 Å². The number of nitrogens with one attached hydrogen (secondary N) is 1. The largest absolute Gasteiger partial charge is 0.497 e. The summed E-state index contributed by atoms with van der Waals surface area (Å²) in [5.41, 5.74) is 0.522. The molecule has 3 nitrogen and oxygen atoms in total. The summed E-state index contributed by atoms with van der Waals surface area (Å²) >= 11 is 4.69. The fourth-order valence-corrected chi connectivity index (χ4v) is 1.25. The summed E-state index contributed by atoms with van der Waals surface area (Å²) in [5, 5.41) is -0.857. The second-order valence-corrected chi connectivity index (χ2v) is 3.94. The van der Waals surface area contributed by atoms with Crippen molar-refractivity contribution in [2.45, 2.75) is 18.2 Å². The lowest BCUT2D eigenvalue weighted by Crippen LogP contribution is -2.15. The number of benzene rings is 1. The number of alkyl halides is 3. The minimum atomic E-state index is -3.34. The van der Waals surface area contributed by atoms with Crippen LogP contribution in [0.15, 0.2) is 24.3 Å². The van der Waals surface area contributed by atoms with Crippen LogP contribution in [0.1, 0.15) is 12.8 Å². The highest BCUT2D eigenvalue weighted by Crippen LogP contribution is 2.25. The molecule has 1 amide bonds. The number of anilines is 1. The molecule has 6 heteroatoms. The van der Waals surface area contributed by atoms with Crippen molar-refractivity contribution in [3.8, 4) is 5.75 Å². The van der Waals surface area contributed by atoms with E-state index in [1.54, 1.807) is 24.3 Å². The molecule has 1 rings (SSSR count). The van der Waals surface area contributed by atoms with Crippen LogP contribution in [-0.2, 0) is 4.79 Å². The molecular weight excluding hydrogens is 252 g/mol. The first-order valence-electron chi connectivity index (χ1n) is 4.91. The Morgan fingerprint density at radius 2 is 2.00 bits per heavy atom. The molecule has 0 unspecified atom stereocenters. The maximum atomic E-state index is 12.3. The molecule has 0 spiro atoms. The van der Waals surface area contributed by atoms with Gasteiger partial charge in [-0.3, -0.25) is 4.79 Å². The summed E-state index contributed by atoms with van der Waals surface area (Å²) < 4.78 is 29.5. The van der Waals surface area contributed by atoms with E-state index >= 15 is 0 Å². The maximum Gasteiger partial charge on any atom is 0.322 e. The number of halogens is 3. The molecule has 0 aliphatic carbocycles. The number of hydrogen-bond acceptors (Lipinski definition) is 2. The third kappa shape index (κ3) is 5.49. The number of methoxy groups -OCH3 is 1. The predicted molar refractivity (Wildman–Crippen MR) is 61.7 cm³/mol. The van der Waals surface area contributed by atoms with Gasteiger partial charge in [-0.1, -0.05) is 0 Å². The van der Waals surface area contributed by atoms with Crippen molar-refractivity contribution in [1.29, 1.82) is 0 Å². The molecule has 1 aromatic carbocycles. The first kappa shape index (κ1) is 13.7. The van der Waals surface area contributed by atoms with Crippen molar-refractivity contribution in [3.63, 3.8) is 0 Å². The monoisotopic (exact) mass is 263 g/mol. The zero-order valence-corrected chi connectivity index (χ0v) is 9.93. The van der Waals surface area contributed by atoms with Crippen LogP contribution in [0.25, 0.3) is 0 Å². The van der Waals surface area contributed by atoms with Crippen LogP contribution in [0.2, 0.25) is 0 Å². The Kier molecular flexibility index (Phi) is 4.69. The number of amides is 1. The van der Waals surface area contributed by atoms with E-state index in [0.29, 0.717) is 11.4 Å². The van der Waals surface area contributed by atoms with Gasteiger partial charge in [-0.15, -0.1) is 0 Å². The van der Waals surface area contributed by atoms with Crippen molar-refractivity contribution >= 4 is 23.2 Å². The lowest BCUT2D eigenvalue weighted by atomic mass is 10.2. The van der Waals surface area contributed by atoms with Crippen LogP contribution in [0.3, 0.4) is 0 Å². The zero-order valence-electron chi connectivity index (χ0n) is 9.17. The molecule has 94 valence electrons. The van der Waals surface area contributed by atoms with Gasteiger partial charge in [0.05, 0.1) is 7.11 Å². The van der Waals surface area contributed by atoms with E-state index in [4.69, 9.17) is 4.74 Å². The highest BCUT2D eigenvalue weighted by atomic mass is 35.5. The van der Waals surface area contributed by atoms with Crippen LogP contribution in [0, 0.1) is 0 Å². The Balaban J connectivity index is 2.45. The summed E-state index contributed by atoms with van der Waals surface area (Å²) in [7, 11) is 1.52. The van der Waals surface area contributed by atoms with Crippen LogP contribution >= 0.6 is 11.6 Å². The van der Waals surface area contributed by atoms with Gasteiger partial charge in [0.25, 0.3) is 0 Å². The number of carbonyl (C=O) groups excluding carboxylic acids is 1. The summed E-state index contributed by atoms with van der Waals surface area (Å²) in [6.07, 6.45) is -1.01. The SMILES string of the molecule is COc1ccc(NC(=O)CCC(F)(F)Cl)cc1. The summed E-state index contributed by atoms with van der Waals surface area (Å²) in [6, 6.07) is 6.56. The first-order valence-corrected chi connectivity index (χ1v) is 5.29. The van der Waals surface area contributed by atoms with Crippen LogP contribution < -0.4 is 10.1 Å². The summed E-state index contributed by atoms with van der Waals surface area (Å²) in [6.45, 7) is 0. The van der Waals surface area contributed by atoms with E-state index in [1.165, 1.54) is 7.11 Å². The number of ether oxygens (including phenoxy) is 1. The highest BCUT2D eigenvalue weighted by molar-refractivity contribution is 6.21. The van der Waals surface area contributed by atoms with Gasteiger partial charge in [-0.2, -0.15) is 8.78 Å². The van der Waals surface area contributed by atoms with Gasteiger partial charge >= 0.3 is 5.38 Å². The van der Waals surface area contributed by atoms with Gasteiger partial charge in [0.15, 0.2) is 0 Å². The number of carbonyl (C=O) groups is 1. The molecule has 0 aliphatic heterocycles. The van der Waals surface area contributed by atoms with Gasteiger partial charge in [-0.05, 0) is 35.9 Å². The second kappa shape index (κ2) is 5.82. The van der Waals surface area contributed by atoms with Gasteiger partial charge in [0.1, 0.15) is 5.75 Å². The third-order valence-electron chi connectivity index (χ3n) is 2.01. The first-order chi connectivity index (χ1) is 7.90. The number of hydrogen-bond donors (Lipinski definition) is 1. The van der Waals surface area contributed by atoms with Crippen molar-refractivity contribution in [2.24, 2.45) is 0 Å². The van der Waals surface area contributed by atoms with Crippen molar-refractivity contribution in [3.05, 3.63) is 24.3 Å². The molecule has 1 N–H and O–H groups in total. The van der Waals surface area contributed by atoms with Crippen molar-refractivity contribution in [2.75, 3.05) is 12.4 Å². The van der Waals surface area contributed by atoms with E-state index in [0.717, 1.165) is 0 Å². The lowest BCUT2D eigenvalue weighted by Gasteiger charge is -2.08. The summed E-state index contributed by atoms with van der Waals surface area (Å²) in [4.78, 5) is 11.3. The standard InChI is InChI=1S/C11H12ClF2NO2/c1-17-9-4-2-8(3-5-9)15-10(16)6-7-11(12,13)14/h2-5H,6-7H2,1H3,(H,15,16). The molecule has 0 fully saturated rings. The van der Waals surface area contributed by atoms with Crippen LogP contribution in [0.4, 0.5) is 14.5 Å². The Labute approximate surface area is 103 Å². The minimum Gasteiger partial charge on any atom is -0.497 e. The second-order valence-electron chi connectivity index (χ2n) is 3.39. The van der Waals surface area contributed by atoms with Gasteiger partial charge in [0, 0.05) is 18.5 Å². The average Bonchev–Trinajstić information content (AvgIpc) is 2.27. The van der Waals surface area contributed by atoms with Crippen molar-refractivity contribution < 1.29 is 18.3 Å². The predicted octanol–water partition coefficient (Wildman–Crippen LogP) is 3.25. The Bertz CT molecular complexity index is 376. The molecule has 0 radical (unpaired) electrons. The minimum absolute atomic E-state index is 0.331. The van der Waals surface area contributed by atoms with Gasteiger partial charge < -0.3 is 10.1 Å². The molecule has 17 heavy (non-hydrogen) atoms. The van der Waals surface area contributed by atoms with Gasteiger partial charge in [-0.25, -0.2) is 0 Å². The molecule has 0 heterocycles. The smallest absolute Gasteiger partial charge is 0.322 e. The molecule has 0 aliphatic rings. The number of rotatable bonds is 5. The topological polar surface area (TPSA) is 38.3 Å². The fourth-order valence-electron chi connectivity index (χ4n) is 1.15. The molecule has 0 saturated heterocycles. The Hall–Kier alpha value is -1.36. The molecular formula is C11H12ClF2NO2. The quantitative estimate of drug-likeness (QED) is 0.828. The van der Waals surface area contributed by atoms with Crippen LogP contribution in [-0.4, -0.2) is 18.4 Å². The molecule has 0 bridgehead atoms. The molecule has 0 atom stereocenters. The molecule has 0 saturated carbocycles.